The zero-order valence-corrected chi connectivity index (χ0v) is 17.3. The molecule has 0 amide bonds. The third-order valence-electron chi connectivity index (χ3n) is 3.02. The summed E-state index contributed by atoms with van der Waals surface area (Å²) in [4.78, 5) is 5.58. The summed E-state index contributed by atoms with van der Waals surface area (Å²) < 4.78 is 10.9. The van der Waals surface area contributed by atoms with Gasteiger partial charge >= 0.3 is 0 Å². The van der Waals surface area contributed by atoms with Crippen molar-refractivity contribution in [1.82, 2.24) is 10.6 Å². The van der Waals surface area contributed by atoms with Gasteiger partial charge in [-0.25, -0.2) is 0 Å². The number of hydrogen-bond acceptors (Lipinski definition) is 4. The molecule has 0 spiro atoms. The van der Waals surface area contributed by atoms with Gasteiger partial charge in [-0.05, 0) is 24.3 Å². The van der Waals surface area contributed by atoms with Crippen LogP contribution in [0.4, 0.5) is 0 Å². The maximum atomic E-state index is 5.50. The van der Waals surface area contributed by atoms with Gasteiger partial charge in [0.1, 0.15) is 0 Å². The molecule has 23 heavy (non-hydrogen) atoms. The highest BCUT2D eigenvalue weighted by molar-refractivity contribution is 14.0. The Balaban J connectivity index is 0.00000484. The fraction of sp³-hybridized carbons (Fsp3) is 0.688. The van der Waals surface area contributed by atoms with Crippen LogP contribution in [0.5, 0.6) is 0 Å². The van der Waals surface area contributed by atoms with E-state index in [1.165, 1.54) is 11.3 Å². The minimum absolute atomic E-state index is 0. The molecule has 1 aromatic rings. The Morgan fingerprint density at radius 3 is 2.52 bits per heavy atom. The summed E-state index contributed by atoms with van der Waals surface area (Å²) in [7, 11) is 1.78. The molecule has 0 aliphatic carbocycles. The van der Waals surface area contributed by atoms with Gasteiger partial charge in [-0.3, -0.25) is 4.99 Å². The van der Waals surface area contributed by atoms with Crippen LogP contribution in [0.25, 0.3) is 0 Å². The standard InChI is InChI=1S/C16H29N3O2S.HI/c1-3-4-10-20-12-13-21-11-9-19-16(17-2)18-8-7-15-6-5-14-22-15;/h5-6,14H,3-4,7-13H2,1-2H3,(H2,17,18,19);1H. The topological polar surface area (TPSA) is 54.9 Å². The molecule has 0 saturated carbocycles. The van der Waals surface area contributed by atoms with E-state index in [1.54, 1.807) is 18.4 Å². The number of hydrogen-bond donors (Lipinski definition) is 2. The van der Waals surface area contributed by atoms with E-state index in [4.69, 9.17) is 9.47 Å². The van der Waals surface area contributed by atoms with Gasteiger partial charge in [-0.15, -0.1) is 35.3 Å². The van der Waals surface area contributed by atoms with Crippen molar-refractivity contribution in [1.29, 1.82) is 0 Å². The van der Waals surface area contributed by atoms with Crippen molar-refractivity contribution in [3.8, 4) is 0 Å². The summed E-state index contributed by atoms with van der Waals surface area (Å²) in [5.74, 6) is 0.819. The Morgan fingerprint density at radius 2 is 1.87 bits per heavy atom. The van der Waals surface area contributed by atoms with Crippen LogP contribution in [0.3, 0.4) is 0 Å². The van der Waals surface area contributed by atoms with Crippen molar-refractivity contribution in [3.05, 3.63) is 22.4 Å². The number of ether oxygens (including phenoxy) is 2. The fourth-order valence-corrected chi connectivity index (χ4v) is 2.50. The van der Waals surface area contributed by atoms with E-state index >= 15 is 0 Å². The molecule has 5 nitrogen and oxygen atoms in total. The van der Waals surface area contributed by atoms with Crippen molar-refractivity contribution in [3.63, 3.8) is 0 Å². The van der Waals surface area contributed by atoms with Gasteiger partial charge in [-0.2, -0.15) is 0 Å². The van der Waals surface area contributed by atoms with Crippen LogP contribution in [-0.2, 0) is 15.9 Å². The van der Waals surface area contributed by atoms with Crippen LogP contribution in [0, 0.1) is 0 Å². The van der Waals surface area contributed by atoms with Gasteiger partial charge in [0.15, 0.2) is 5.96 Å². The van der Waals surface area contributed by atoms with Crippen molar-refractivity contribution < 1.29 is 9.47 Å². The molecule has 0 radical (unpaired) electrons. The molecule has 0 unspecified atom stereocenters. The first kappa shape index (κ1) is 22.6. The molecule has 7 heteroatoms. The van der Waals surface area contributed by atoms with Crippen LogP contribution in [0.15, 0.2) is 22.5 Å². The Kier molecular flexibility index (Phi) is 16.2. The normalized spacial score (nSPS) is 11.1. The number of nitrogens with one attached hydrogen (secondary N) is 2. The van der Waals surface area contributed by atoms with Gasteiger partial charge in [-0.1, -0.05) is 19.4 Å². The van der Waals surface area contributed by atoms with E-state index in [9.17, 15) is 0 Å². The summed E-state index contributed by atoms with van der Waals surface area (Å²) in [6.45, 7) is 6.60. The summed E-state index contributed by atoms with van der Waals surface area (Å²) in [5, 5.41) is 8.64. The van der Waals surface area contributed by atoms with Crippen molar-refractivity contribution in [2.24, 2.45) is 4.99 Å². The molecule has 0 fully saturated rings. The smallest absolute Gasteiger partial charge is 0.191 e. The van der Waals surface area contributed by atoms with E-state index in [0.717, 1.165) is 38.5 Å². The second-order valence-electron chi connectivity index (χ2n) is 4.83. The van der Waals surface area contributed by atoms with Gasteiger partial charge in [0.2, 0.25) is 0 Å². The van der Waals surface area contributed by atoms with Crippen molar-refractivity contribution in [2.45, 2.75) is 26.2 Å². The lowest BCUT2D eigenvalue weighted by atomic mass is 10.3. The van der Waals surface area contributed by atoms with Gasteiger partial charge in [0.25, 0.3) is 0 Å². The number of rotatable bonds is 12. The van der Waals surface area contributed by atoms with Crippen LogP contribution in [0.2, 0.25) is 0 Å². The Morgan fingerprint density at radius 1 is 1.13 bits per heavy atom. The fourth-order valence-electron chi connectivity index (χ4n) is 1.79. The van der Waals surface area contributed by atoms with Gasteiger partial charge in [0, 0.05) is 31.6 Å². The summed E-state index contributed by atoms with van der Waals surface area (Å²) >= 11 is 1.78. The number of nitrogens with zero attached hydrogens (tertiary/aromatic N) is 1. The first-order valence-electron chi connectivity index (χ1n) is 7.99. The monoisotopic (exact) mass is 455 g/mol. The van der Waals surface area contributed by atoms with Crippen molar-refractivity contribution >= 4 is 41.3 Å². The lowest BCUT2D eigenvalue weighted by Gasteiger charge is -2.11. The molecule has 0 bridgehead atoms. The number of halogens is 1. The predicted molar refractivity (Wildman–Crippen MR) is 109 cm³/mol. The third kappa shape index (κ3) is 12.7. The molecule has 134 valence electrons. The molecule has 0 saturated heterocycles. The maximum absolute atomic E-state index is 5.50. The van der Waals surface area contributed by atoms with E-state index < -0.39 is 0 Å². The molecule has 1 heterocycles. The summed E-state index contributed by atoms with van der Waals surface area (Å²) in [5.41, 5.74) is 0. The van der Waals surface area contributed by atoms with E-state index in [2.05, 4.69) is 40.1 Å². The van der Waals surface area contributed by atoms with E-state index in [0.29, 0.717) is 19.8 Å². The van der Waals surface area contributed by atoms with E-state index in [1.807, 2.05) is 0 Å². The molecule has 1 rings (SSSR count). The molecule has 0 aliphatic rings. The van der Waals surface area contributed by atoms with Crippen molar-refractivity contribution in [2.75, 3.05) is 46.6 Å². The molecular weight excluding hydrogens is 425 g/mol. The zero-order valence-electron chi connectivity index (χ0n) is 14.2. The maximum Gasteiger partial charge on any atom is 0.191 e. The molecule has 2 N–H and O–H groups in total. The Hall–Kier alpha value is -0.380. The highest BCUT2D eigenvalue weighted by Crippen LogP contribution is 2.07. The molecular formula is C16H30IN3O2S. The number of aliphatic imine (C=N–C) groups is 1. The first-order valence-corrected chi connectivity index (χ1v) is 8.87. The minimum Gasteiger partial charge on any atom is -0.379 e. The predicted octanol–water partition coefficient (Wildman–Crippen LogP) is 2.91. The molecule has 0 aliphatic heterocycles. The number of thiophene rings is 1. The lowest BCUT2D eigenvalue weighted by Crippen LogP contribution is -2.39. The summed E-state index contributed by atoms with van der Waals surface area (Å²) in [6, 6.07) is 4.23. The average Bonchev–Trinajstić information content (AvgIpc) is 3.05. The second-order valence-corrected chi connectivity index (χ2v) is 5.87. The average molecular weight is 455 g/mol. The highest BCUT2D eigenvalue weighted by Gasteiger charge is 1.98. The largest absolute Gasteiger partial charge is 0.379 e. The van der Waals surface area contributed by atoms with Gasteiger partial charge in [0.05, 0.1) is 19.8 Å². The number of guanidine groups is 1. The quantitative estimate of drug-likeness (QED) is 0.220. The molecule has 0 atom stereocenters. The zero-order chi connectivity index (χ0) is 15.9. The molecule has 1 aromatic heterocycles. The molecule has 0 aromatic carbocycles. The SMILES string of the molecule is CCCCOCCOCCNC(=NC)NCCc1cccs1.I. The van der Waals surface area contributed by atoms with Crippen LogP contribution < -0.4 is 10.6 Å². The summed E-state index contributed by atoms with van der Waals surface area (Å²) in [6.07, 6.45) is 3.31. The van der Waals surface area contributed by atoms with Crippen LogP contribution in [-0.4, -0.2) is 52.5 Å². The highest BCUT2D eigenvalue weighted by atomic mass is 127. The second kappa shape index (κ2) is 16.5. The first-order chi connectivity index (χ1) is 10.9. The number of unbranched alkanes of at least 4 members (excludes halogenated alkanes) is 1. The third-order valence-corrected chi connectivity index (χ3v) is 3.96. The Bertz CT molecular complexity index is 389. The van der Waals surface area contributed by atoms with Crippen LogP contribution >= 0.6 is 35.3 Å². The van der Waals surface area contributed by atoms with E-state index in [-0.39, 0.29) is 24.0 Å². The van der Waals surface area contributed by atoms with Crippen LogP contribution in [0.1, 0.15) is 24.6 Å². The lowest BCUT2D eigenvalue weighted by molar-refractivity contribution is 0.0487. The minimum atomic E-state index is 0. The van der Waals surface area contributed by atoms with Gasteiger partial charge < -0.3 is 20.1 Å². The Labute approximate surface area is 161 Å².